The number of carbonyl (C=O) groups is 1. The quantitative estimate of drug-likeness (QED) is 0.851. The van der Waals surface area contributed by atoms with Crippen molar-refractivity contribution in [3.05, 3.63) is 24.2 Å². The SMILES string of the molecule is CC1CC(C)CN(C(=O)c2n[nH]c3ccncc23)C1. The number of fused-ring (bicyclic) bond motifs is 1. The predicted octanol–water partition coefficient (Wildman–Crippen LogP) is 2.08. The summed E-state index contributed by atoms with van der Waals surface area (Å²) < 4.78 is 0. The number of likely N-dealkylation sites (tertiary alicyclic amines) is 1. The van der Waals surface area contributed by atoms with Crippen molar-refractivity contribution in [2.75, 3.05) is 13.1 Å². The minimum Gasteiger partial charge on any atom is -0.337 e. The molecule has 0 bridgehead atoms. The van der Waals surface area contributed by atoms with E-state index in [4.69, 9.17) is 0 Å². The van der Waals surface area contributed by atoms with Gasteiger partial charge in [0.25, 0.3) is 5.91 Å². The first kappa shape index (κ1) is 12.1. The van der Waals surface area contributed by atoms with E-state index in [-0.39, 0.29) is 5.91 Å². The van der Waals surface area contributed by atoms with E-state index in [0.717, 1.165) is 24.0 Å². The third kappa shape index (κ3) is 2.20. The third-order valence-electron chi connectivity index (χ3n) is 3.72. The van der Waals surface area contributed by atoms with Gasteiger partial charge in [-0.15, -0.1) is 0 Å². The number of aromatic amines is 1. The van der Waals surface area contributed by atoms with Crippen molar-refractivity contribution >= 4 is 16.8 Å². The number of piperidine rings is 1. The van der Waals surface area contributed by atoms with Crippen LogP contribution in [0.5, 0.6) is 0 Å². The highest BCUT2D eigenvalue weighted by atomic mass is 16.2. The van der Waals surface area contributed by atoms with E-state index in [0.29, 0.717) is 17.5 Å². The van der Waals surface area contributed by atoms with Gasteiger partial charge in [-0.05, 0) is 24.3 Å². The van der Waals surface area contributed by atoms with Crippen LogP contribution in [0.25, 0.3) is 10.9 Å². The molecule has 0 aromatic carbocycles. The Bertz CT molecular complexity index is 596. The summed E-state index contributed by atoms with van der Waals surface area (Å²) in [5.41, 5.74) is 1.35. The number of hydrogen-bond donors (Lipinski definition) is 1. The van der Waals surface area contributed by atoms with Crippen LogP contribution < -0.4 is 0 Å². The van der Waals surface area contributed by atoms with Crippen molar-refractivity contribution in [1.82, 2.24) is 20.1 Å². The summed E-state index contributed by atoms with van der Waals surface area (Å²) in [7, 11) is 0. The second kappa shape index (κ2) is 4.64. The number of amides is 1. The van der Waals surface area contributed by atoms with E-state index >= 15 is 0 Å². The molecule has 0 aliphatic carbocycles. The van der Waals surface area contributed by atoms with Gasteiger partial charge in [-0.2, -0.15) is 5.10 Å². The zero-order chi connectivity index (χ0) is 13.4. The molecule has 0 saturated carbocycles. The molecule has 1 aliphatic heterocycles. The first-order valence-corrected chi connectivity index (χ1v) is 6.72. The van der Waals surface area contributed by atoms with Crippen LogP contribution in [0.3, 0.4) is 0 Å². The third-order valence-corrected chi connectivity index (χ3v) is 3.72. The van der Waals surface area contributed by atoms with Gasteiger partial charge in [-0.1, -0.05) is 13.8 Å². The second-order valence-corrected chi connectivity index (χ2v) is 5.65. The minimum atomic E-state index is 0.0117. The summed E-state index contributed by atoms with van der Waals surface area (Å²) >= 11 is 0. The highest BCUT2D eigenvalue weighted by Gasteiger charge is 2.28. The molecule has 1 aliphatic rings. The molecule has 0 spiro atoms. The standard InChI is InChI=1S/C14H18N4O/c1-9-5-10(2)8-18(7-9)14(19)13-11-6-15-4-3-12(11)16-17-13/h3-4,6,9-10H,5,7-8H2,1-2H3,(H,16,17). The molecule has 2 aromatic heterocycles. The Kier molecular flexibility index (Phi) is 2.97. The molecule has 19 heavy (non-hydrogen) atoms. The van der Waals surface area contributed by atoms with Crippen LogP contribution in [0.15, 0.2) is 18.5 Å². The van der Waals surface area contributed by atoms with Gasteiger partial charge in [-0.25, -0.2) is 0 Å². The number of carbonyl (C=O) groups excluding carboxylic acids is 1. The van der Waals surface area contributed by atoms with Gasteiger partial charge in [-0.3, -0.25) is 14.9 Å². The van der Waals surface area contributed by atoms with E-state index in [2.05, 4.69) is 29.0 Å². The van der Waals surface area contributed by atoms with Crippen molar-refractivity contribution < 1.29 is 4.79 Å². The van der Waals surface area contributed by atoms with Crippen molar-refractivity contribution in [3.63, 3.8) is 0 Å². The van der Waals surface area contributed by atoms with Crippen LogP contribution in [0.1, 0.15) is 30.8 Å². The van der Waals surface area contributed by atoms with Gasteiger partial charge >= 0.3 is 0 Å². The average Bonchev–Trinajstić information content (AvgIpc) is 2.80. The fourth-order valence-corrected chi connectivity index (χ4v) is 3.00. The van der Waals surface area contributed by atoms with Gasteiger partial charge in [0.1, 0.15) is 0 Å². The van der Waals surface area contributed by atoms with Crippen molar-refractivity contribution in [2.45, 2.75) is 20.3 Å². The highest BCUT2D eigenvalue weighted by molar-refractivity contribution is 6.04. The number of hydrogen-bond acceptors (Lipinski definition) is 3. The van der Waals surface area contributed by atoms with Crippen LogP contribution in [0, 0.1) is 11.8 Å². The summed E-state index contributed by atoms with van der Waals surface area (Å²) in [6.45, 7) is 6.02. The summed E-state index contributed by atoms with van der Waals surface area (Å²) in [5, 5.41) is 7.86. The Morgan fingerprint density at radius 2 is 2.11 bits per heavy atom. The Balaban J connectivity index is 1.91. The molecule has 100 valence electrons. The summed E-state index contributed by atoms with van der Waals surface area (Å²) in [4.78, 5) is 18.6. The van der Waals surface area contributed by atoms with E-state index < -0.39 is 0 Å². The maximum absolute atomic E-state index is 12.6. The number of pyridine rings is 1. The molecule has 2 atom stereocenters. The zero-order valence-corrected chi connectivity index (χ0v) is 11.3. The minimum absolute atomic E-state index is 0.0117. The van der Waals surface area contributed by atoms with E-state index in [9.17, 15) is 4.79 Å². The maximum Gasteiger partial charge on any atom is 0.275 e. The Hall–Kier alpha value is -1.91. The lowest BCUT2D eigenvalue weighted by atomic mass is 9.91. The van der Waals surface area contributed by atoms with E-state index in [1.807, 2.05) is 11.0 Å². The lowest BCUT2D eigenvalue weighted by molar-refractivity contribution is 0.0619. The van der Waals surface area contributed by atoms with Gasteiger partial charge in [0.15, 0.2) is 5.69 Å². The summed E-state index contributed by atoms with van der Waals surface area (Å²) in [6.07, 6.45) is 4.58. The fraction of sp³-hybridized carbons (Fsp3) is 0.500. The summed E-state index contributed by atoms with van der Waals surface area (Å²) in [6, 6.07) is 1.83. The molecule has 2 aromatic rings. The lowest BCUT2D eigenvalue weighted by Crippen LogP contribution is -2.42. The monoisotopic (exact) mass is 258 g/mol. The largest absolute Gasteiger partial charge is 0.337 e. The van der Waals surface area contributed by atoms with E-state index in [1.165, 1.54) is 6.42 Å². The van der Waals surface area contributed by atoms with Crippen LogP contribution in [-0.4, -0.2) is 39.1 Å². The van der Waals surface area contributed by atoms with Crippen LogP contribution >= 0.6 is 0 Å². The second-order valence-electron chi connectivity index (χ2n) is 5.65. The first-order chi connectivity index (χ1) is 9.15. The van der Waals surface area contributed by atoms with Gasteiger partial charge < -0.3 is 4.90 Å². The molecule has 5 heteroatoms. The molecular formula is C14H18N4O. The van der Waals surface area contributed by atoms with Crippen LogP contribution in [0.4, 0.5) is 0 Å². The molecule has 2 unspecified atom stereocenters. The fourth-order valence-electron chi connectivity index (χ4n) is 3.00. The van der Waals surface area contributed by atoms with Crippen molar-refractivity contribution in [1.29, 1.82) is 0 Å². The number of rotatable bonds is 1. The number of aromatic nitrogens is 3. The molecule has 3 heterocycles. The molecule has 0 radical (unpaired) electrons. The predicted molar refractivity (Wildman–Crippen MR) is 72.7 cm³/mol. The molecule has 5 nitrogen and oxygen atoms in total. The number of nitrogens with zero attached hydrogens (tertiary/aromatic N) is 3. The topological polar surface area (TPSA) is 61.9 Å². The molecule has 1 saturated heterocycles. The lowest BCUT2D eigenvalue weighted by Gasteiger charge is -2.34. The summed E-state index contributed by atoms with van der Waals surface area (Å²) in [5.74, 6) is 1.12. The van der Waals surface area contributed by atoms with Crippen LogP contribution in [0.2, 0.25) is 0 Å². The van der Waals surface area contributed by atoms with Gasteiger partial charge in [0.2, 0.25) is 0 Å². The maximum atomic E-state index is 12.6. The van der Waals surface area contributed by atoms with Crippen molar-refractivity contribution in [2.24, 2.45) is 11.8 Å². The smallest absolute Gasteiger partial charge is 0.275 e. The molecule has 1 N–H and O–H groups in total. The highest BCUT2D eigenvalue weighted by Crippen LogP contribution is 2.23. The van der Waals surface area contributed by atoms with E-state index in [1.54, 1.807) is 12.4 Å². The van der Waals surface area contributed by atoms with Crippen LogP contribution in [-0.2, 0) is 0 Å². The Labute approximate surface area is 112 Å². The Morgan fingerprint density at radius 1 is 1.37 bits per heavy atom. The molecule has 3 rings (SSSR count). The normalized spacial score (nSPS) is 23.8. The van der Waals surface area contributed by atoms with Gasteiger partial charge in [0.05, 0.1) is 10.9 Å². The zero-order valence-electron chi connectivity index (χ0n) is 11.3. The Morgan fingerprint density at radius 3 is 2.84 bits per heavy atom. The van der Waals surface area contributed by atoms with Gasteiger partial charge in [0, 0.05) is 25.5 Å². The molecule has 1 amide bonds. The number of nitrogens with one attached hydrogen (secondary N) is 1. The van der Waals surface area contributed by atoms with Crippen molar-refractivity contribution in [3.8, 4) is 0 Å². The molecular weight excluding hydrogens is 240 g/mol. The first-order valence-electron chi connectivity index (χ1n) is 6.72. The average molecular weight is 258 g/mol. The molecule has 1 fully saturated rings. The number of H-pyrrole nitrogens is 1.